The molecule has 0 saturated carbocycles. The molecule has 2 rings (SSSR count). The molecular formula is C12H15FN4O3S. The molecule has 0 unspecified atom stereocenters. The summed E-state index contributed by atoms with van der Waals surface area (Å²) in [5.74, 6) is -0.919. The minimum atomic E-state index is -3.99. The molecule has 0 amide bonds. The third kappa shape index (κ3) is 3.07. The third-order valence-corrected chi connectivity index (χ3v) is 4.15. The summed E-state index contributed by atoms with van der Waals surface area (Å²) in [6.45, 7) is 1.89. The predicted molar refractivity (Wildman–Crippen MR) is 76.1 cm³/mol. The van der Waals surface area contributed by atoms with E-state index in [2.05, 4.69) is 14.9 Å². The van der Waals surface area contributed by atoms with Crippen LogP contribution in [0.3, 0.4) is 0 Å². The Morgan fingerprint density at radius 3 is 2.67 bits per heavy atom. The molecule has 9 heteroatoms. The van der Waals surface area contributed by atoms with Gasteiger partial charge in [0.05, 0.1) is 17.7 Å². The number of halogens is 1. The highest BCUT2D eigenvalue weighted by atomic mass is 32.2. The predicted octanol–water partition coefficient (Wildman–Crippen LogP) is 1.50. The van der Waals surface area contributed by atoms with Crippen LogP contribution in [0.4, 0.5) is 15.9 Å². The molecule has 0 aliphatic heterocycles. The molecule has 0 fully saturated rings. The zero-order valence-electron chi connectivity index (χ0n) is 11.5. The number of ether oxygens (including phenoxy) is 1. The van der Waals surface area contributed by atoms with E-state index in [0.29, 0.717) is 6.42 Å². The van der Waals surface area contributed by atoms with Crippen molar-refractivity contribution < 1.29 is 17.5 Å². The van der Waals surface area contributed by atoms with Gasteiger partial charge in [-0.25, -0.2) is 12.8 Å². The Morgan fingerprint density at radius 1 is 1.43 bits per heavy atom. The highest BCUT2D eigenvalue weighted by Gasteiger charge is 2.20. The van der Waals surface area contributed by atoms with Crippen molar-refractivity contribution >= 4 is 21.5 Å². The molecule has 21 heavy (non-hydrogen) atoms. The van der Waals surface area contributed by atoms with Gasteiger partial charge in [-0.05, 0) is 18.6 Å². The largest absolute Gasteiger partial charge is 0.492 e. The molecule has 1 aromatic carbocycles. The number of H-pyrrole nitrogens is 1. The van der Waals surface area contributed by atoms with Crippen LogP contribution in [0, 0.1) is 5.82 Å². The fraction of sp³-hybridized carbons (Fsp3) is 0.250. The number of nitrogens with zero attached hydrogens (tertiary/aromatic N) is 1. The number of rotatable bonds is 5. The van der Waals surface area contributed by atoms with Crippen molar-refractivity contribution in [1.29, 1.82) is 0 Å². The van der Waals surface area contributed by atoms with Gasteiger partial charge in [0.15, 0.2) is 17.4 Å². The number of nitrogens with one attached hydrogen (secondary N) is 2. The molecule has 0 bridgehead atoms. The highest BCUT2D eigenvalue weighted by Crippen LogP contribution is 2.29. The van der Waals surface area contributed by atoms with E-state index in [1.165, 1.54) is 7.11 Å². The van der Waals surface area contributed by atoms with Crippen LogP contribution >= 0.6 is 0 Å². The van der Waals surface area contributed by atoms with E-state index in [1.807, 2.05) is 6.92 Å². The second-order valence-corrected chi connectivity index (χ2v) is 5.95. The molecule has 0 spiro atoms. The molecule has 0 radical (unpaired) electrons. The van der Waals surface area contributed by atoms with Gasteiger partial charge in [-0.2, -0.15) is 5.10 Å². The Bertz CT molecular complexity index is 735. The Balaban J connectivity index is 2.35. The molecule has 2 aromatic rings. The van der Waals surface area contributed by atoms with E-state index in [-0.39, 0.29) is 22.2 Å². The quantitative estimate of drug-likeness (QED) is 0.724. The summed E-state index contributed by atoms with van der Waals surface area (Å²) in [4.78, 5) is -0.306. The fourth-order valence-electron chi connectivity index (χ4n) is 1.75. The molecule has 1 heterocycles. The maximum atomic E-state index is 13.7. The van der Waals surface area contributed by atoms with E-state index in [1.54, 1.807) is 6.07 Å². The molecule has 114 valence electrons. The van der Waals surface area contributed by atoms with Crippen molar-refractivity contribution in [3.63, 3.8) is 0 Å². The lowest BCUT2D eigenvalue weighted by Crippen LogP contribution is -2.14. The number of benzene rings is 1. The standard InChI is InChI=1S/C12H15FN4O3S/c1-3-7-4-11(16-15-7)17-21(18,19)8-5-9(13)12(20-2)10(14)6-8/h4-6H,3,14H2,1-2H3,(H2,15,16,17). The van der Waals surface area contributed by atoms with Gasteiger partial charge >= 0.3 is 0 Å². The topological polar surface area (TPSA) is 110 Å². The fourth-order valence-corrected chi connectivity index (χ4v) is 2.79. The first-order valence-corrected chi connectivity index (χ1v) is 7.55. The average Bonchev–Trinajstić information content (AvgIpc) is 2.85. The normalized spacial score (nSPS) is 11.4. The molecule has 0 saturated heterocycles. The van der Waals surface area contributed by atoms with Crippen LogP contribution in [-0.2, 0) is 16.4 Å². The number of anilines is 2. The minimum absolute atomic E-state index is 0.103. The zero-order chi connectivity index (χ0) is 15.6. The van der Waals surface area contributed by atoms with Crippen LogP contribution in [0.5, 0.6) is 5.75 Å². The summed E-state index contributed by atoms with van der Waals surface area (Å²) in [5, 5.41) is 6.49. The van der Waals surface area contributed by atoms with Gasteiger partial charge in [0.1, 0.15) is 0 Å². The first-order chi connectivity index (χ1) is 9.87. The summed E-state index contributed by atoms with van der Waals surface area (Å²) in [6.07, 6.45) is 0.679. The van der Waals surface area contributed by atoms with Crippen molar-refractivity contribution in [3.8, 4) is 5.75 Å². The van der Waals surface area contributed by atoms with Gasteiger partial charge in [-0.3, -0.25) is 9.82 Å². The number of aryl methyl sites for hydroxylation is 1. The molecular weight excluding hydrogens is 299 g/mol. The van der Waals surface area contributed by atoms with Crippen molar-refractivity contribution in [2.75, 3.05) is 17.6 Å². The summed E-state index contributed by atoms with van der Waals surface area (Å²) in [5.41, 5.74) is 6.24. The Hall–Kier alpha value is -2.29. The van der Waals surface area contributed by atoms with Crippen LogP contribution in [0.25, 0.3) is 0 Å². The molecule has 0 aliphatic carbocycles. The maximum Gasteiger partial charge on any atom is 0.263 e. The Morgan fingerprint density at radius 2 is 2.14 bits per heavy atom. The number of aromatic nitrogens is 2. The summed E-state index contributed by atoms with van der Waals surface area (Å²) in [6, 6.07) is 3.52. The minimum Gasteiger partial charge on any atom is -0.492 e. The molecule has 7 nitrogen and oxygen atoms in total. The van der Waals surface area contributed by atoms with Gasteiger partial charge in [-0.1, -0.05) is 6.92 Å². The van der Waals surface area contributed by atoms with Crippen LogP contribution in [0.1, 0.15) is 12.6 Å². The number of sulfonamides is 1. The number of nitrogen functional groups attached to an aromatic ring is 1. The second-order valence-electron chi connectivity index (χ2n) is 4.27. The van der Waals surface area contributed by atoms with E-state index >= 15 is 0 Å². The molecule has 1 aromatic heterocycles. The first kappa shape index (κ1) is 15.1. The van der Waals surface area contributed by atoms with Crippen LogP contribution < -0.4 is 15.2 Å². The van der Waals surface area contributed by atoms with Gasteiger partial charge in [0.2, 0.25) is 0 Å². The smallest absolute Gasteiger partial charge is 0.263 e. The van der Waals surface area contributed by atoms with Gasteiger partial charge in [0.25, 0.3) is 10.0 Å². The highest BCUT2D eigenvalue weighted by molar-refractivity contribution is 7.92. The number of aromatic amines is 1. The molecule has 4 N–H and O–H groups in total. The van der Waals surface area contributed by atoms with Crippen LogP contribution in [0.15, 0.2) is 23.1 Å². The molecule has 0 aliphatic rings. The average molecular weight is 314 g/mol. The number of methoxy groups -OCH3 is 1. The summed E-state index contributed by atoms with van der Waals surface area (Å²) < 4.78 is 45.1. The monoisotopic (exact) mass is 314 g/mol. The van der Waals surface area contributed by atoms with E-state index in [9.17, 15) is 12.8 Å². The van der Waals surface area contributed by atoms with Crippen LogP contribution in [-0.4, -0.2) is 25.7 Å². The Kier molecular flexibility index (Phi) is 4.03. The lowest BCUT2D eigenvalue weighted by molar-refractivity contribution is 0.388. The van der Waals surface area contributed by atoms with Crippen molar-refractivity contribution in [2.24, 2.45) is 0 Å². The van der Waals surface area contributed by atoms with E-state index in [4.69, 9.17) is 10.5 Å². The van der Waals surface area contributed by atoms with Gasteiger partial charge < -0.3 is 10.5 Å². The zero-order valence-corrected chi connectivity index (χ0v) is 12.3. The first-order valence-electron chi connectivity index (χ1n) is 6.07. The van der Waals surface area contributed by atoms with Crippen LogP contribution in [0.2, 0.25) is 0 Å². The number of hydrogen-bond acceptors (Lipinski definition) is 5. The van der Waals surface area contributed by atoms with E-state index in [0.717, 1.165) is 17.8 Å². The second kappa shape index (κ2) is 5.60. The lowest BCUT2D eigenvalue weighted by atomic mass is 10.3. The Labute approximate surface area is 121 Å². The summed E-state index contributed by atoms with van der Waals surface area (Å²) in [7, 11) is -2.74. The van der Waals surface area contributed by atoms with Crippen molar-refractivity contribution in [1.82, 2.24) is 10.2 Å². The van der Waals surface area contributed by atoms with Gasteiger partial charge in [-0.15, -0.1) is 0 Å². The lowest BCUT2D eigenvalue weighted by Gasteiger charge is -2.10. The van der Waals surface area contributed by atoms with Crippen molar-refractivity contribution in [2.45, 2.75) is 18.2 Å². The maximum absolute atomic E-state index is 13.7. The van der Waals surface area contributed by atoms with Crippen molar-refractivity contribution in [3.05, 3.63) is 29.7 Å². The summed E-state index contributed by atoms with van der Waals surface area (Å²) >= 11 is 0. The third-order valence-electron chi connectivity index (χ3n) is 2.81. The number of hydrogen-bond donors (Lipinski definition) is 3. The van der Waals surface area contributed by atoms with Gasteiger partial charge in [0, 0.05) is 11.8 Å². The SMILES string of the molecule is CCc1cc(NS(=O)(=O)c2cc(N)c(OC)c(F)c2)n[nH]1. The number of nitrogens with two attached hydrogens (primary N) is 1. The molecule has 0 atom stereocenters. The van der Waals surface area contributed by atoms with E-state index < -0.39 is 15.8 Å².